The number of benzene rings is 1. The van der Waals surface area contributed by atoms with E-state index in [1.165, 1.54) is 0 Å². The summed E-state index contributed by atoms with van der Waals surface area (Å²) in [7, 11) is 0. The lowest BCUT2D eigenvalue weighted by molar-refractivity contribution is -0.127. The Labute approximate surface area is 135 Å². The Morgan fingerprint density at radius 1 is 1.27 bits per heavy atom. The van der Waals surface area contributed by atoms with E-state index < -0.39 is 0 Å². The summed E-state index contributed by atoms with van der Waals surface area (Å²) in [6.45, 7) is 2.50. The van der Waals surface area contributed by atoms with Gasteiger partial charge in [0.25, 0.3) is 0 Å². The van der Waals surface area contributed by atoms with Gasteiger partial charge in [-0.25, -0.2) is 0 Å². The number of piperidine rings is 1. The molecule has 120 valence electrons. The predicted octanol–water partition coefficient (Wildman–Crippen LogP) is 2.51. The van der Waals surface area contributed by atoms with Gasteiger partial charge in [0.15, 0.2) is 6.29 Å². The van der Waals surface area contributed by atoms with E-state index in [2.05, 4.69) is 10.2 Å². The number of rotatable bonds is 4. The Kier molecular flexibility index (Phi) is 5.31. The number of likely N-dealkylation sites (tertiary alicyclic amines) is 1. The predicted molar refractivity (Wildman–Crippen MR) is 85.0 cm³/mol. The van der Waals surface area contributed by atoms with Gasteiger partial charge in [0.1, 0.15) is 0 Å². The van der Waals surface area contributed by atoms with Crippen LogP contribution >= 0.6 is 11.6 Å². The van der Waals surface area contributed by atoms with Crippen molar-refractivity contribution in [2.75, 3.05) is 31.6 Å². The van der Waals surface area contributed by atoms with Crippen LogP contribution in [-0.2, 0) is 14.3 Å². The lowest BCUT2D eigenvalue weighted by Crippen LogP contribution is -2.50. The molecule has 5 nitrogen and oxygen atoms in total. The van der Waals surface area contributed by atoms with E-state index in [1.54, 1.807) is 12.1 Å². The maximum absolute atomic E-state index is 12.3. The third-order valence-electron chi connectivity index (χ3n) is 4.12. The second kappa shape index (κ2) is 7.42. The number of nitrogens with zero attached hydrogens (tertiary/aromatic N) is 1. The first kappa shape index (κ1) is 15.7. The van der Waals surface area contributed by atoms with Gasteiger partial charge in [-0.2, -0.15) is 0 Å². The Hall–Kier alpha value is -1.14. The van der Waals surface area contributed by atoms with Crippen LogP contribution in [0.25, 0.3) is 0 Å². The largest absolute Gasteiger partial charge is 0.349 e. The van der Waals surface area contributed by atoms with Crippen LogP contribution in [0.5, 0.6) is 0 Å². The fourth-order valence-corrected chi connectivity index (χ4v) is 3.24. The third-order valence-corrected chi connectivity index (χ3v) is 4.45. The first-order valence-corrected chi connectivity index (χ1v) is 8.13. The molecule has 0 bridgehead atoms. The molecule has 0 aliphatic carbocycles. The summed E-state index contributed by atoms with van der Waals surface area (Å²) in [4.78, 5) is 14.5. The fraction of sp³-hybridized carbons (Fsp3) is 0.562. The molecule has 6 heteroatoms. The van der Waals surface area contributed by atoms with E-state index in [0.29, 0.717) is 30.5 Å². The zero-order valence-electron chi connectivity index (χ0n) is 12.5. The molecule has 0 radical (unpaired) electrons. The minimum atomic E-state index is -0.201. The number of para-hydroxylation sites is 1. The van der Waals surface area contributed by atoms with Crippen molar-refractivity contribution in [3.63, 3.8) is 0 Å². The van der Waals surface area contributed by atoms with Crippen molar-refractivity contribution < 1.29 is 14.3 Å². The van der Waals surface area contributed by atoms with Gasteiger partial charge in [-0.1, -0.05) is 30.2 Å². The highest BCUT2D eigenvalue weighted by molar-refractivity contribution is 6.33. The minimum Gasteiger partial charge on any atom is -0.349 e. The van der Waals surface area contributed by atoms with Gasteiger partial charge in [-0.3, -0.25) is 9.69 Å². The van der Waals surface area contributed by atoms with Crippen LogP contribution < -0.4 is 5.32 Å². The molecule has 2 aliphatic rings. The summed E-state index contributed by atoms with van der Waals surface area (Å²) in [5, 5.41) is 3.42. The zero-order valence-corrected chi connectivity index (χ0v) is 13.2. The molecule has 2 fully saturated rings. The Bertz CT molecular complexity index is 520. The summed E-state index contributed by atoms with van der Waals surface area (Å²) in [5.74, 6) is -0.0574. The smallest absolute Gasteiger partial charge is 0.238 e. The molecule has 0 aromatic heterocycles. The Morgan fingerprint density at radius 3 is 2.82 bits per heavy atom. The maximum Gasteiger partial charge on any atom is 0.238 e. The van der Waals surface area contributed by atoms with Crippen LogP contribution in [0.4, 0.5) is 5.69 Å². The monoisotopic (exact) mass is 324 g/mol. The quantitative estimate of drug-likeness (QED) is 0.924. The summed E-state index contributed by atoms with van der Waals surface area (Å²) < 4.78 is 11.2. The minimum absolute atomic E-state index is 0.0574. The fourth-order valence-electron chi connectivity index (χ4n) is 3.06. The molecule has 22 heavy (non-hydrogen) atoms. The lowest BCUT2D eigenvalue weighted by atomic mass is 10.0. The van der Waals surface area contributed by atoms with Crippen LogP contribution in [0, 0.1) is 0 Å². The van der Waals surface area contributed by atoms with Crippen molar-refractivity contribution >= 4 is 23.2 Å². The summed E-state index contributed by atoms with van der Waals surface area (Å²) >= 11 is 6.08. The molecular formula is C16H21ClN2O3. The molecule has 1 N–H and O–H groups in total. The molecule has 0 saturated carbocycles. The maximum atomic E-state index is 12.3. The van der Waals surface area contributed by atoms with Crippen LogP contribution in [0.2, 0.25) is 5.02 Å². The van der Waals surface area contributed by atoms with E-state index in [-0.39, 0.29) is 18.2 Å². The highest BCUT2D eigenvalue weighted by Crippen LogP contribution is 2.25. The molecule has 2 heterocycles. The number of hydrogen-bond donors (Lipinski definition) is 1. The van der Waals surface area contributed by atoms with E-state index in [4.69, 9.17) is 21.1 Å². The molecule has 1 amide bonds. The van der Waals surface area contributed by atoms with E-state index in [9.17, 15) is 4.79 Å². The van der Waals surface area contributed by atoms with Gasteiger partial charge in [0.2, 0.25) is 5.91 Å². The standard InChI is InChI=1S/C16H21ClN2O3/c17-12-5-1-2-6-13(12)18-15(20)11-19-8-4-3-7-14(19)16-21-9-10-22-16/h1-2,5-6,14,16H,3-4,7-11H2,(H,18,20)/t14-/m1/s1. The molecule has 1 aromatic carbocycles. The van der Waals surface area contributed by atoms with Crippen molar-refractivity contribution in [1.82, 2.24) is 4.90 Å². The van der Waals surface area contributed by atoms with Crippen LogP contribution in [-0.4, -0.2) is 49.4 Å². The average Bonchev–Trinajstić information content (AvgIpc) is 3.04. The van der Waals surface area contributed by atoms with E-state index >= 15 is 0 Å². The first-order chi connectivity index (χ1) is 10.7. The molecule has 2 saturated heterocycles. The van der Waals surface area contributed by atoms with Crippen molar-refractivity contribution in [3.05, 3.63) is 29.3 Å². The molecule has 1 aromatic rings. The molecule has 0 spiro atoms. The Morgan fingerprint density at radius 2 is 2.05 bits per heavy atom. The number of anilines is 1. The van der Waals surface area contributed by atoms with Crippen LogP contribution in [0.3, 0.4) is 0 Å². The SMILES string of the molecule is O=C(CN1CCCC[C@@H]1C1OCCO1)Nc1ccccc1Cl. The lowest BCUT2D eigenvalue weighted by Gasteiger charge is -2.37. The average molecular weight is 325 g/mol. The number of ether oxygens (including phenoxy) is 2. The van der Waals surface area contributed by atoms with Gasteiger partial charge in [-0.15, -0.1) is 0 Å². The van der Waals surface area contributed by atoms with Crippen LogP contribution in [0.15, 0.2) is 24.3 Å². The molecule has 3 rings (SSSR count). The number of nitrogens with one attached hydrogen (secondary N) is 1. The summed E-state index contributed by atoms with van der Waals surface area (Å²) in [6, 6.07) is 7.42. The van der Waals surface area contributed by atoms with Crippen molar-refractivity contribution in [2.24, 2.45) is 0 Å². The number of amides is 1. The van der Waals surface area contributed by atoms with E-state index in [1.807, 2.05) is 12.1 Å². The third kappa shape index (κ3) is 3.79. The van der Waals surface area contributed by atoms with Gasteiger partial charge < -0.3 is 14.8 Å². The van der Waals surface area contributed by atoms with Gasteiger partial charge >= 0.3 is 0 Å². The normalized spacial score (nSPS) is 23.6. The topological polar surface area (TPSA) is 50.8 Å². The van der Waals surface area contributed by atoms with Crippen molar-refractivity contribution in [3.8, 4) is 0 Å². The second-order valence-electron chi connectivity index (χ2n) is 5.67. The van der Waals surface area contributed by atoms with Gasteiger partial charge in [0, 0.05) is 0 Å². The van der Waals surface area contributed by atoms with E-state index in [0.717, 1.165) is 25.8 Å². The summed E-state index contributed by atoms with van der Waals surface area (Å²) in [5.41, 5.74) is 0.649. The Balaban J connectivity index is 1.60. The number of hydrogen-bond acceptors (Lipinski definition) is 4. The first-order valence-electron chi connectivity index (χ1n) is 7.76. The summed E-state index contributed by atoms with van der Waals surface area (Å²) in [6.07, 6.45) is 3.05. The number of halogens is 1. The highest BCUT2D eigenvalue weighted by Gasteiger charge is 2.34. The molecule has 0 unspecified atom stereocenters. The zero-order chi connectivity index (χ0) is 15.4. The molecule has 1 atom stereocenters. The molecular weight excluding hydrogens is 304 g/mol. The molecule has 2 aliphatic heterocycles. The van der Waals surface area contributed by atoms with Crippen LogP contribution in [0.1, 0.15) is 19.3 Å². The number of carbonyl (C=O) groups excluding carboxylic acids is 1. The van der Waals surface area contributed by atoms with Crippen molar-refractivity contribution in [2.45, 2.75) is 31.6 Å². The van der Waals surface area contributed by atoms with Crippen molar-refractivity contribution in [1.29, 1.82) is 0 Å². The van der Waals surface area contributed by atoms with Gasteiger partial charge in [-0.05, 0) is 31.5 Å². The van der Waals surface area contributed by atoms with Gasteiger partial charge in [0.05, 0.1) is 36.5 Å². The number of carbonyl (C=O) groups is 1. The highest BCUT2D eigenvalue weighted by atomic mass is 35.5. The second-order valence-corrected chi connectivity index (χ2v) is 6.08.